The average molecular weight is 281 g/mol. The largest absolute Gasteiger partial charge is 0.481 e. The van der Waals surface area contributed by atoms with Gasteiger partial charge in [-0.05, 0) is 26.7 Å². The summed E-state index contributed by atoms with van der Waals surface area (Å²) in [6.07, 6.45) is 1.35. The number of amides is 2. The lowest BCUT2D eigenvalue weighted by molar-refractivity contribution is -0.143. The Morgan fingerprint density at radius 1 is 1.50 bits per heavy atom. The molecule has 2 N–H and O–H groups in total. The van der Waals surface area contributed by atoms with Gasteiger partial charge in [0.15, 0.2) is 0 Å². The third-order valence-corrected chi connectivity index (χ3v) is 3.66. The van der Waals surface area contributed by atoms with Crippen molar-refractivity contribution in [2.45, 2.75) is 33.2 Å². The molecule has 2 amide bonds. The Hall–Kier alpha value is -2.05. The minimum atomic E-state index is -0.840. The van der Waals surface area contributed by atoms with E-state index in [0.29, 0.717) is 25.3 Å². The third-order valence-electron chi connectivity index (χ3n) is 3.66. The summed E-state index contributed by atoms with van der Waals surface area (Å²) in [6.45, 7) is 4.82. The molecule has 20 heavy (non-hydrogen) atoms. The van der Waals surface area contributed by atoms with E-state index in [0.717, 1.165) is 17.7 Å². The standard InChI is InChI=1S/C13H19N3O4/c1-8-11(9(2)20-15-8)6-14-13(19)16-5-3-4-10(7-16)12(17)18/h10H,3-7H2,1-2H3,(H,14,19)(H,17,18). The molecule has 0 spiro atoms. The van der Waals surface area contributed by atoms with E-state index in [2.05, 4.69) is 10.5 Å². The maximum atomic E-state index is 12.1. The quantitative estimate of drug-likeness (QED) is 0.870. The zero-order valence-corrected chi connectivity index (χ0v) is 11.7. The predicted octanol–water partition coefficient (Wildman–Crippen LogP) is 1.30. The van der Waals surface area contributed by atoms with Crippen LogP contribution >= 0.6 is 0 Å². The molecule has 1 aromatic rings. The Balaban J connectivity index is 1.90. The van der Waals surface area contributed by atoms with E-state index in [9.17, 15) is 9.59 Å². The van der Waals surface area contributed by atoms with E-state index in [1.165, 1.54) is 0 Å². The molecule has 0 bridgehead atoms. The van der Waals surface area contributed by atoms with Crippen molar-refractivity contribution in [1.29, 1.82) is 0 Å². The molecule has 1 aliphatic heterocycles. The molecule has 0 radical (unpaired) electrons. The minimum absolute atomic E-state index is 0.240. The maximum Gasteiger partial charge on any atom is 0.317 e. The number of carboxylic acid groups (broad SMARTS) is 1. The summed E-state index contributed by atoms with van der Waals surface area (Å²) in [6, 6.07) is -0.240. The van der Waals surface area contributed by atoms with Gasteiger partial charge >= 0.3 is 12.0 Å². The van der Waals surface area contributed by atoms with Crippen molar-refractivity contribution in [2.75, 3.05) is 13.1 Å². The molecule has 1 aliphatic rings. The number of carboxylic acids is 1. The van der Waals surface area contributed by atoms with Crippen LogP contribution in [0.15, 0.2) is 4.52 Å². The molecule has 7 heteroatoms. The number of nitrogens with zero attached hydrogens (tertiary/aromatic N) is 2. The summed E-state index contributed by atoms with van der Waals surface area (Å²) < 4.78 is 5.03. The first-order valence-corrected chi connectivity index (χ1v) is 6.66. The number of likely N-dealkylation sites (tertiary alicyclic amines) is 1. The fraction of sp³-hybridized carbons (Fsp3) is 0.615. The number of urea groups is 1. The Labute approximate surface area is 116 Å². The van der Waals surface area contributed by atoms with Crippen LogP contribution in [0.4, 0.5) is 4.79 Å². The van der Waals surface area contributed by atoms with Gasteiger partial charge in [0.25, 0.3) is 0 Å². The number of rotatable bonds is 3. The molecule has 1 saturated heterocycles. The molecule has 1 fully saturated rings. The minimum Gasteiger partial charge on any atom is -0.481 e. The van der Waals surface area contributed by atoms with Gasteiger partial charge in [-0.2, -0.15) is 0 Å². The summed E-state index contributed by atoms with van der Waals surface area (Å²) in [4.78, 5) is 24.6. The van der Waals surface area contributed by atoms with Gasteiger partial charge in [-0.1, -0.05) is 5.16 Å². The second-order valence-corrected chi connectivity index (χ2v) is 5.08. The van der Waals surface area contributed by atoms with Gasteiger partial charge < -0.3 is 19.8 Å². The van der Waals surface area contributed by atoms with Gasteiger partial charge in [0, 0.05) is 25.2 Å². The van der Waals surface area contributed by atoms with Crippen LogP contribution in [0.25, 0.3) is 0 Å². The van der Waals surface area contributed by atoms with Crippen molar-refractivity contribution in [3.8, 4) is 0 Å². The van der Waals surface area contributed by atoms with E-state index < -0.39 is 11.9 Å². The van der Waals surface area contributed by atoms with Gasteiger partial charge in [-0.15, -0.1) is 0 Å². The van der Waals surface area contributed by atoms with E-state index in [1.807, 2.05) is 6.92 Å². The Bertz CT molecular complexity index is 492. The Morgan fingerprint density at radius 3 is 2.85 bits per heavy atom. The highest BCUT2D eigenvalue weighted by Crippen LogP contribution is 2.17. The van der Waals surface area contributed by atoms with Crippen LogP contribution in [-0.2, 0) is 11.3 Å². The highest BCUT2D eigenvalue weighted by atomic mass is 16.5. The molecule has 7 nitrogen and oxygen atoms in total. The summed E-state index contributed by atoms with van der Waals surface area (Å²) in [5, 5.41) is 15.6. The summed E-state index contributed by atoms with van der Waals surface area (Å²) in [5.41, 5.74) is 1.62. The van der Waals surface area contributed by atoms with Gasteiger partial charge in [0.1, 0.15) is 5.76 Å². The van der Waals surface area contributed by atoms with Crippen LogP contribution in [0, 0.1) is 19.8 Å². The van der Waals surface area contributed by atoms with Crippen LogP contribution < -0.4 is 5.32 Å². The highest BCUT2D eigenvalue weighted by molar-refractivity contribution is 5.76. The monoisotopic (exact) mass is 281 g/mol. The number of hydrogen-bond acceptors (Lipinski definition) is 4. The van der Waals surface area contributed by atoms with Gasteiger partial charge in [-0.25, -0.2) is 4.79 Å². The van der Waals surface area contributed by atoms with E-state index >= 15 is 0 Å². The Morgan fingerprint density at radius 2 is 2.25 bits per heavy atom. The molecule has 1 unspecified atom stereocenters. The van der Waals surface area contributed by atoms with Crippen molar-refractivity contribution in [2.24, 2.45) is 5.92 Å². The second kappa shape index (κ2) is 5.94. The Kier molecular flexibility index (Phi) is 4.26. The van der Waals surface area contributed by atoms with Gasteiger partial charge in [0.2, 0.25) is 0 Å². The van der Waals surface area contributed by atoms with Crippen LogP contribution in [0.5, 0.6) is 0 Å². The third kappa shape index (κ3) is 3.09. The lowest BCUT2D eigenvalue weighted by Crippen LogP contribution is -2.46. The number of aromatic nitrogens is 1. The van der Waals surface area contributed by atoms with E-state index in [4.69, 9.17) is 9.63 Å². The smallest absolute Gasteiger partial charge is 0.317 e. The summed E-state index contributed by atoms with van der Waals surface area (Å²) in [7, 11) is 0. The van der Waals surface area contributed by atoms with Crippen LogP contribution in [0.2, 0.25) is 0 Å². The molecule has 1 aromatic heterocycles. The normalized spacial score (nSPS) is 18.9. The lowest BCUT2D eigenvalue weighted by atomic mass is 9.99. The summed E-state index contributed by atoms with van der Waals surface area (Å²) in [5.74, 6) is -0.619. The lowest BCUT2D eigenvalue weighted by Gasteiger charge is -2.30. The number of nitrogens with one attached hydrogen (secondary N) is 1. The molecular formula is C13H19N3O4. The SMILES string of the molecule is Cc1noc(C)c1CNC(=O)N1CCCC(C(=O)O)C1. The molecule has 0 saturated carbocycles. The fourth-order valence-electron chi connectivity index (χ4n) is 2.39. The molecule has 0 aromatic carbocycles. The molecule has 2 rings (SSSR count). The van der Waals surface area contributed by atoms with Crippen LogP contribution in [-0.4, -0.2) is 40.3 Å². The molecule has 1 atom stereocenters. The highest BCUT2D eigenvalue weighted by Gasteiger charge is 2.28. The van der Waals surface area contributed by atoms with Crippen molar-refractivity contribution < 1.29 is 19.2 Å². The molecule has 110 valence electrons. The van der Waals surface area contributed by atoms with Crippen molar-refractivity contribution >= 4 is 12.0 Å². The zero-order valence-electron chi connectivity index (χ0n) is 11.7. The van der Waals surface area contributed by atoms with Gasteiger partial charge in [-0.3, -0.25) is 4.79 Å². The summed E-state index contributed by atoms with van der Waals surface area (Å²) >= 11 is 0. The van der Waals surface area contributed by atoms with E-state index in [1.54, 1.807) is 11.8 Å². The van der Waals surface area contributed by atoms with Crippen LogP contribution in [0.1, 0.15) is 29.9 Å². The number of piperidine rings is 1. The maximum absolute atomic E-state index is 12.1. The number of hydrogen-bond donors (Lipinski definition) is 2. The number of carbonyl (C=O) groups is 2. The van der Waals surface area contributed by atoms with Gasteiger partial charge in [0.05, 0.1) is 11.6 Å². The van der Waals surface area contributed by atoms with Crippen molar-refractivity contribution in [3.63, 3.8) is 0 Å². The van der Waals surface area contributed by atoms with Crippen molar-refractivity contribution in [1.82, 2.24) is 15.4 Å². The molecule has 2 heterocycles. The topological polar surface area (TPSA) is 95.7 Å². The fourth-order valence-corrected chi connectivity index (χ4v) is 2.39. The second-order valence-electron chi connectivity index (χ2n) is 5.08. The number of carbonyl (C=O) groups excluding carboxylic acids is 1. The average Bonchev–Trinajstić information content (AvgIpc) is 2.75. The predicted molar refractivity (Wildman–Crippen MR) is 70.1 cm³/mol. The first-order chi connectivity index (χ1) is 9.49. The first kappa shape index (κ1) is 14.4. The number of aliphatic carboxylic acids is 1. The van der Waals surface area contributed by atoms with Crippen LogP contribution in [0.3, 0.4) is 0 Å². The number of aryl methyl sites for hydroxylation is 2. The first-order valence-electron chi connectivity index (χ1n) is 6.66. The van der Waals surface area contributed by atoms with Crippen molar-refractivity contribution in [3.05, 3.63) is 17.0 Å². The molecular weight excluding hydrogens is 262 g/mol. The zero-order chi connectivity index (χ0) is 14.7. The molecule has 0 aliphatic carbocycles. The van der Waals surface area contributed by atoms with E-state index in [-0.39, 0.29) is 12.6 Å².